The minimum atomic E-state index is 0. The molecule has 0 bridgehead atoms. The van der Waals surface area contributed by atoms with E-state index in [0.717, 1.165) is 5.56 Å². The molecular weight excluding hydrogens is 309 g/mol. The van der Waals surface area contributed by atoms with Crippen LogP contribution in [-0.2, 0) is 0 Å². The van der Waals surface area contributed by atoms with E-state index in [2.05, 4.69) is 17.7 Å². The van der Waals surface area contributed by atoms with Crippen molar-refractivity contribution in [3.63, 3.8) is 0 Å². The van der Waals surface area contributed by atoms with Gasteiger partial charge in [-0.25, -0.2) is 5.01 Å². The van der Waals surface area contributed by atoms with Crippen LogP contribution in [0.3, 0.4) is 0 Å². The van der Waals surface area contributed by atoms with E-state index in [-0.39, 0.29) is 29.1 Å². The Balaban J connectivity index is 0.00000169. The molecule has 5 heteroatoms. The van der Waals surface area contributed by atoms with Crippen LogP contribution in [0.1, 0.15) is 5.56 Å². The van der Waals surface area contributed by atoms with Gasteiger partial charge in [0.25, 0.3) is 0 Å². The van der Waals surface area contributed by atoms with E-state index in [1.54, 1.807) is 13.3 Å². The van der Waals surface area contributed by atoms with Crippen LogP contribution in [0.15, 0.2) is 35.4 Å². The van der Waals surface area contributed by atoms with Gasteiger partial charge in [0.05, 0.1) is 6.21 Å². The minimum absolute atomic E-state index is 0. The fourth-order valence-electron chi connectivity index (χ4n) is 0.747. The van der Waals surface area contributed by atoms with Crippen molar-refractivity contribution in [1.29, 1.82) is 5.41 Å². The highest BCUT2D eigenvalue weighted by Gasteiger charge is 1.92. The second-order valence-electron chi connectivity index (χ2n) is 2.50. The molecule has 0 saturated heterocycles. The molecule has 0 radical (unpaired) electrons. The van der Waals surface area contributed by atoms with E-state index in [0.29, 0.717) is 0 Å². The Bertz CT molecular complexity index is 313. The maximum Gasteiger partial charge on any atom is 0.173 e. The highest BCUT2D eigenvalue weighted by Crippen LogP contribution is 1.96. The second kappa shape index (κ2) is 6.83. The number of hydrazone groups is 1. The van der Waals surface area contributed by atoms with Crippen LogP contribution < -0.4 is 0 Å². The summed E-state index contributed by atoms with van der Waals surface area (Å²) in [5, 5.41) is 12.6. The molecule has 1 aromatic rings. The number of nitrogens with one attached hydrogen (secondary N) is 1. The lowest BCUT2D eigenvalue weighted by atomic mass is 10.2. The summed E-state index contributed by atoms with van der Waals surface area (Å²) in [6, 6.07) is 9.71. The molecule has 1 aromatic carbocycles. The van der Waals surface area contributed by atoms with Crippen molar-refractivity contribution in [2.45, 2.75) is 0 Å². The average Bonchev–Trinajstić information content (AvgIpc) is 2.15. The molecule has 76 valence electrons. The van der Waals surface area contributed by atoms with Crippen molar-refractivity contribution in [3.8, 4) is 0 Å². The molecule has 0 spiro atoms. The van der Waals surface area contributed by atoms with Crippen LogP contribution in [0, 0.1) is 5.41 Å². The summed E-state index contributed by atoms with van der Waals surface area (Å²) < 4.78 is 0. The van der Waals surface area contributed by atoms with Crippen molar-refractivity contribution in [2.24, 2.45) is 5.10 Å². The quantitative estimate of drug-likeness (QED) is 0.284. The lowest BCUT2D eigenvalue weighted by Crippen LogP contribution is -2.14. The van der Waals surface area contributed by atoms with E-state index >= 15 is 0 Å². The van der Waals surface area contributed by atoms with Gasteiger partial charge in [-0.2, -0.15) is 5.10 Å². The van der Waals surface area contributed by atoms with Gasteiger partial charge in [-0.05, 0) is 5.56 Å². The molecule has 14 heavy (non-hydrogen) atoms. The van der Waals surface area contributed by atoms with Gasteiger partial charge in [0.15, 0.2) is 5.17 Å². The summed E-state index contributed by atoms with van der Waals surface area (Å²) in [7, 11) is 1.68. The van der Waals surface area contributed by atoms with Crippen molar-refractivity contribution in [2.75, 3.05) is 7.05 Å². The van der Waals surface area contributed by atoms with Crippen molar-refractivity contribution in [1.82, 2.24) is 5.01 Å². The summed E-state index contributed by atoms with van der Waals surface area (Å²) >= 11 is 3.83. The van der Waals surface area contributed by atoms with Crippen LogP contribution in [0.4, 0.5) is 0 Å². The maximum atomic E-state index is 7.14. The molecule has 1 rings (SSSR count). The van der Waals surface area contributed by atoms with E-state index in [1.807, 2.05) is 30.3 Å². The Hall–Kier alpha value is -0.560. The van der Waals surface area contributed by atoms with Gasteiger partial charge in [0.1, 0.15) is 0 Å². The predicted octanol–water partition coefficient (Wildman–Crippen LogP) is 2.43. The van der Waals surface area contributed by atoms with Gasteiger partial charge < -0.3 is 0 Å². The molecule has 0 unspecified atom stereocenters. The molecule has 0 fully saturated rings. The standard InChI is InChI=1S/C9H11N3S.HI/c1-12(9(10)13)11-7-8-5-3-2-4-6-8;/h2-7H,1H3,(H2,10,13);1H. The third kappa shape index (κ3) is 4.61. The number of hydrogen-bond donors (Lipinski definition) is 2. The zero-order chi connectivity index (χ0) is 9.68. The van der Waals surface area contributed by atoms with Crippen molar-refractivity contribution in [3.05, 3.63) is 35.9 Å². The lowest BCUT2D eigenvalue weighted by molar-refractivity contribution is 0.556. The van der Waals surface area contributed by atoms with Crippen LogP contribution in [-0.4, -0.2) is 23.4 Å². The number of benzene rings is 1. The van der Waals surface area contributed by atoms with Crippen LogP contribution in [0.2, 0.25) is 0 Å². The largest absolute Gasteiger partial charge is 0.277 e. The number of nitrogens with zero attached hydrogens (tertiary/aromatic N) is 2. The highest BCUT2D eigenvalue weighted by molar-refractivity contribution is 14.0. The zero-order valence-corrected chi connectivity index (χ0v) is 10.9. The number of halogens is 1. The predicted molar refractivity (Wildman–Crippen MR) is 73.9 cm³/mol. The summed E-state index contributed by atoms with van der Waals surface area (Å²) in [4.78, 5) is 0. The maximum absolute atomic E-state index is 7.14. The Morgan fingerprint density at radius 3 is 2.50 bits per heavy atom. The minimum Gasteiger partial charge on any atom is -0.277 e. The molecule has 0 amide bonds. The molecule has 0 aromatic heterocycles. The molecule has 0 aliphatic carbocycles. The molecule has 3 nitrogen and oxygen atoms in total. The molecule has 0 atom stereocenters. The first kappa shape index (κ1) is 13.4. The molecular formula is C9H12IN3S. The fourth-order valence-corrected chi connectivity index (χ4v) is 0.799. The smallest absolute Gasteiger partial charge is 0.173 e. The van der Waals surface area contributed by atoms with E-state index in [9.17, 15) is 0 Å². The first-order chi connectivity index (χ1) is 6.20. The number of amidine groups is 1. The third-order valence-electron chi connectivity index (χ3n) is 1.49. The molecule has 0 heterocycles. The van der Waals surface area contributed by atoms with Crippen molar-refractivity contribution >= 4 is 48.0 Å². The Morgan fingerprint density at radius 2 is 2.00 bits per heavy atom. The second-order valence-corrected chi connectivity index (χ2v) is 2.93. The van der Waals surface area contributed by atoms with Gasteiger partial charge in [-0.1, -0.05) is 30.3 Å². The van der Waals surface area contributed by atoms with Crippen LogP contribution >= 0.6 is 36.6 Å². The number of rotatable bonds is 2. The summed E-state index contributed by atoms with van der Waals surface area (Å²) in [5.74, 6) is 0. The molecule has 0 aliphatic heterocycles. The summed E-state index contributed by atoms with van der Waals surface area (Å²) in [6.07, 6.45) is 1.69. The van der Waals surface area contributed by atoms with Crippen molar-refractivity contribution < 1.29 is 0 Å². The highest BCUT2D eigenvalue weighted by atomic mass is 127. The summed E-state index contributed by atoms with van der Waals surface area (Å²) in [5.41, 5.74) is 1.00. The zero-order valence-electron chi connectivity index (χ0n) is 7.71. The molecule has 0 aliphatic rings. The Kier molecular flexibility index (Phi) is 6.56. The average molecular weight is 321 g/mol. The van der Waals surface area contributed by atoms with Gasteiger partial charge in [-0.3, -0.25) is 5.41 Å². The number of hydrogen-bond acceptors (Lipinski definition) is 2. The SMILES string of the molecule is CN(N=Cc1ccccc1)C(=N)S.I. The Labute approximate surface area is 106 Å². The van der Waals surface area contributed by atoms with Crippen LogP contribution in [0.25, 0.3) is 0 Å². The van der Waals surface area contributed by atoms with Gasteiger partial charge in [0.2, 0.25) is 0 Å². The van der Waals surface area contributed by atoms with E-state index in [1.165, 1.54) is 5.01 Å². The first-order valence-electron chi connectivity index (χ1n) is 3.80. The topological polar surface area (TPSA) is 39.5 Å². The lowest BCUT2D eigenvalue weighted by Gasteiger charge is -2.07. The van der Waals surface area contributed by atoms with E-state index < -0.39 is 0 Å². The third-order valence-corrected chi connectivity index (χ3v) is 1.78. The first-order valence-corrected chi connectivity index (χ1v) is 4.25. The molecule has 0 saturated carbocycles. The monoisotopic (exact) mass is 321 g/mol. The van der Waals surface area contributed by atoms with Gasteiger partial charge in [-0.15, -0.1) is 36.6 Å². The van der Waals surface area contributed by atoms with E-state index in [4.69, 9.17) is 5.41 Å². The fraction of sp³-hybridized carbons (Fsp3) is 0.111. The molecule has 1 N–H and O–H groups in total. The summed E-state index contributed by atoms with van der Waals surface area (Å²) in [6.45, 7) is 0. The normalized spacial score (nSPS) is 9.57. The van der Waals surface area contributed by atoms with Gasteiger partial charge >= 0.3 is 0 Å². The number of thiol groups is 1. The Morgan fingerprint density at radius 1 is 1.43 bits per heavy atom. The van der Waals surface area contributed by atoms with Gasteiger partial charge in [0, 0.05) is 7.05 Å². The van der Waals surface area contributed by atoms with Crippen LogP contribution in [0.5, 0.6) is 0 Å².